The van der Waals surface area contributed by atoms with Gasteiger partial charge in [0.1, 0.15) is 0 Å². The van der Waals surface area contributed by atoms with E-state index in [0.29, 0.717) is 12.1 Å². The van der Waals surface area contributed by atoms with E-state index in [4.69, 9.17) is 0 Å². The molecule has 3 N–H and O–H groups in total. The van der Waals surface area contributed by atoms with E-state index in [1.165, 1.54) is 25.7 Å². The monoisotopic (exact) mass is 198 g/mol. The molecule has 2 fully saturated rings. The number of nitrogens with one attached hydrogen (secondary N) is 2. The van der Waals surface area contributed by atoms with Gasteiger partial charge in [-0.2, -0.15) is 0 Å². The van der Waals surface area contributed by atoms with Gasteiger partial charge in [-0.25, -0.2) is 0 Å². The molecule has 3 nitrogen and oxygen atoms in total. The van der Waals surface area contributed by atoms with Gasteiger partial charge < -0.3 is 15.7 Å². The molecule has 1 aliphatic carbocycles. The van der Waals surface area contributed by atoms with Gasteiger partial charge in [-0.3, -0.25) is 0 Å². The molecule has 0 aromatic heterocycles. The van der Waals surface area contributed by atoms with Crippen LogP contribution in [-0.2, 0) is 0 Å². The van der Waals surface area contributed by atoms with E-state index in [9.17, 15) is 5.11 Å². The average molecular weight is 198 g/mol. The first-order valence-electron chi connectivity index (χ1n) is 6.01. The number of rotatable bonds is 2. The second kappa shape index (κ2) is 5.10. The second-order valence-corrected chi connectivity index (χ2v) is 4.65. The maximum Gasteiger partial charge on any atom is 0.0693 e. The molecule has 0 aromatic rings. The number of hydrogen-bond acceptors (Lipinski definition) is 3. The summed E-state index contributed by atoms with van der Waals surface area (Å²) in [6.45, 7) is 2.25. The Labute approximate surface area is 86.3 Å². The topological polar surface area (TPSA) is 44.3 Å². The summed E-state index contributed by atoms with van der Waals surface area (Å²) in [5.74, 6) is 0. The fourth-order valence-corrected chi connectivity index (χ4v) is 2.60. The Bertz CT molecular complexity index is 169. The van der Waals surface area contributed by atoms with Crippen LogP contribution in [0.3, 0.4) is 0 Å². The van der Waals surface area contributed by atoms with E-state index in [1.807, 2.05) is 0 Å². The van der Waals surface area contributed by atoms with Gasteiger partial charge in [-0.1, -0.05) is 12.8 Å². The Morgan fingerprint density at radius 1 is 1.00 bits per heavy atom. The summed E-state index contributed by atoms with van der Waals surface area (Å²) in [7, 11) is 0. The molecule has 1 aliphatic heterocycles. The van der Waals surface area contributed by atoms with Crippen molar-refractivity contribution in [2.24, 2.45) is 0 Å². The zero-order chi connectivity index (χ0) is 9.80. The summed E-state index contributed by atoms with van der Waals surface area (Å²) in [5, 5.41) is 16.8. The molecular weight excluding hydrogens is 176 g/mol. The fourth-order valence-electron chi connectivity index (χ4n) is 2.60. The van der Waals surface area contributed by atoms with Crippen molar-refractivity contribution in [1.82, 2.24) is 10.6 Å². The Balaban J connectivity index is 1.76. The van der Waals surface area contributed by atoms with E-state index >= 15 is 0 Å². The zero-order valence-corrected chi connectivity index (χ0v) is 8.84. The molecule has 0 amide bonds. The van der Waals surface area contributed by atoms with Gasteiger partial charge in [0, 0.05) is 12.1 Å². The van der Waals surface area contributed by atoms with Crippen molar-refractivity contribution in [1.29, 1.82) is 0 Å². The highest BCUT2D eigenvalue weighted by Crippen LogP contribution is 2.19. The van der Waals surface area contributed by atoms with E-state index in [-0.39, 0.29) is 6.10 Å². The van der Waals surface area contributed by atoms with Gasteiger partial charge in [-0.05, 0) is 38.8 Å². The molecule has 0 spiro atoms. The van der Waals surface area contributed by atoms with Gasteiger partial charge in [0.25, 0.3) is 0 Å². The highest BCUT2D eigenvalue weighted by atomic mass is 16.3. The summed E-state index contributed by atoms with van der Waals surface area (Å²) in [5.41, 5.74) is 0. The Morgan fingerprint density at radius 2 is 1.71 bits per heavy atom. The van der Waals surface area contributed by atoms with Gasteiger partial charge >= 0.3 is 0 Å². The van der Waals surface area contributed by atoms with Crippen LogP contribution in [0.4, 0.5) is 0 Å². The molecule has 0 radical (unpaired) electrons. The lowest BCUT2D eigenvalue weighted by molar-refractivity contribution is 0.0822. The molecule has 1 saturated carbocycles. The van der Waals surface area contributed by atoms with E-state index in [0.717, 1.165) is 25.9 Å². The average Bonchev–Trinajstić information content (AvgIpc) is 2.23. The maximum atomic E-state index is 9.82. The fraction of sp³-hybridized carbons (Fsp3) is 1.00. The van der Waals surface area contributed by atoms with Crippen LogP contribution in [0, 0.1) is 0 Å². The number of piperidine rings is 1. The minimum atomic E-state index is -0.0985. The Morgan fingerprint density at radius 3 is 2.43 bits per heavy atom. The molecular formula is C11H22N2O. The second-order valence-electron chi connectivity index (χ2n) is 4.65. The number of hydrogen-bond donors (Lipinski definition) is 3. The van der Waals surface area contributed by atoms with Crippen molar-refractivity contribution in [3.63, 3.8) is 0 Å². The molecule has 2 aliphatic rings. The lowest BCUT2D eigenvalue weighted by atomic mass is 9.91. The van der Waals surface area contributed by atoms with Gasteiger partial charge in [0.2, 0.25) is 0 Å². The first-order valence-corrected chi connectivity index (χ1v) is 6.01. The lowest BCUT2D eigenvalue weighted by Crippen LogP contribution is -2.50. The molecule has 1 saturated heterocycles. The van der Waals surface area contributed by atoms with Crippen molar-refractivity contribution in [2.45, 2.75) is 56.7 Å². The Hall–Kier alpha value is -0.120. The van der Waals surface area contributed by atoms with Crippen LogP contribution in [0.15, 0.2) is 0 Å². The smallest absolute Gasteiger partial charge is 0.0693 e. The van der Waals surface area contributed by atoms with Crippen LogP contribution < -0.4 is 10.6 Å². The zero-order valence-electron chi connectivity index (χ0n) is 8.84. The summed E-state index contributed by atoms with van der Waals surface area (Å²) in [4.78, 5) is 0. The van der Waals surface area contributed by atoms with E-state index in [1.54, 1.807) is 0 Å². The third-order valence-electron chi connectivity index (χ3n) is 3.52. The van der Waals surface area contributed by atoms with Crippen molar-refractivity contribution in [3.05, 3.63) is 0 Å². The van der Waals surface area contributed by atoms with Crippen LogP contribution in [0.5, 0.6) is 0 Å². The van der Waals surface area contributed by atoms with Gasteiger partial charge in [0.05, 0.1) is 6.10 Å². The molecule has 3 heteroatoms. The predicted octanol–water partition coefficient (Wildman–Crippen LogP) is 0.631. The molecule has 0 unspecified atom stereocenters. The highest BCUT2D eigenvalue weighted by Gasteiger charge is 2.25. The summed E-state index contributed by atoms with van der Waals surface area (Å²) in [6.07, 6.45) is 6.95. The van der Waals surface area contributed by atoms with Crippen LogP contribution in [0.2, 0.25) is 0 Å². The normalized spacial score (nSPS) is 35.8. The standard InChI is InChI=1S/C11H22N2O/c14-11-4-2-1-3-10(11)13-9-5-7-12-8-6-9/h9-14H,1-8H2/t10-,11-/m1/s1. The molecule has 0 aromatic carbocycles. The molecule has 1 heterocycles. The predicted molar refractivity (Wildman–Crippen MR) is 57.3 cm³/mol. The lowest BCUT2D eigenvalue weighted by Gasteiger charge is -2.34. The third-order valence-corrected chi connectivity index (χ3v) is 3.52. The van der Waals surface area contributed by atoms with Crippen molar-refractivity contribution < 1.29 is 5.11 Å². The maximum absolute atomic E-state index is 9.82. The minimum absolute atomic E-state index is 0.0985. The molecule has 14 heavy (non-hydrogen) atoms. The number of aliphatic hydroxyl groups is 1. The van der Waals surface area contributed by atoms with Crippen LogP contribution >= 0.6 is 0 Å². The molecule has 2 atom stereocenters. The summed E-state index contributed by atoms with van der Waals surface area (Å²) < 4.78 is 0. The molecule has 82 valence electrons. The van der Waals surface area contributed by atoms with Crippen LogP contribution in [0.25, 0.3) is 0 Å². The van der Waals surface area contributed by atoms with Gasteiger partial charge in [0.15, 0.2) is 0 Å². The quantitative estimate of drug-likeness (QED) is 0.610. The first-order chi connectivity index (χ1) is 6.86. The van der Waals surface area contributed by atoms with E-state index in [2.05, 4.69) is 10.6 Å². The largest absolute Gasteiger partial charge is 0.392 e. The van der Waals surface area contributed by atoms with Crippen LogP contribution in [0.1, 0.15) is 38.5 Å². The van der Waals surface area contributed by atoms with Crippen molar-refractivity contribution in [3.8, 4) is 0 Å². The van der Waals surface area contributed by atoms with Crippen LogP contribution in [-0.4, -0.2) is 36.4 Å². The molecule has 2 rings (SSSR count). The minimum Gasteiger partial charge on any atom is -0.392 e. The number of aliphatic hydroxyl groups excluding tert-OH is 1. The third kappa shape index (κ3) is 2.69. The SMILES string of the molecule is O[C@@H]1CCCC[C@H]1NC1CCNCC1. The van der Waals surface area contributed by atoms with E-state index < -0.39 is 0 Å². The van der Waals surface area contributed by atoms with Crippen molar-refractivity contribution in [2.75, 3.05) is 13.1 Å². The summed E-state index contributed by atoms with van der Waals surface area (Å²) in [6, 6.07) is 1.00. The Kier molecular flexibility index (Phi) is 3.79. The molecule has 0 bridgehead atoms. The summed E-state index contributed by atoms with van der Waals surface area (Å²) >= 11 is 0. The van der Waals surface area contributed by atoms with Crippen molar-refractivity contribution >= 4 is 0 Å². The first kappa shape index (κ1) is 10.4. The highest BCUT2D eigenvalue weighted by molar-refractivity contribution is 4.85. The van der Waals surface area contributed by atoms with Gasteiger partial charge in [-0.15, -0.1) is 0 Å².